The van der Waals surface area contributed by atoms with Crippen molar-refractivity contribution in [3.63, 3.8) is 0 Å². The molecule has 0 amide bonds. The molecule has 3 aliphatic rings. The van der Waals surface area contributed by atoms with E-state index in [4.69, 9.17) is 20.2 Å². The zero-order valence-corrected chi connectivity index (χ0v) is 19.5. The number of ether oxygens (including phenoxy) is 2. The number of nitrogens with two attached hydrogens (primary N) is 1. The number of aromatic nitrogens is 3. The minimum Gasteiger partial charge on any atom is -0.496 e. The quantitative estimate of drug-likeness (QED) is 0.415. The Labute approximate surface area is 205 Å². The van der Waals surface area contributed by atoms with E-state index in [9.17, 15) is 5.11 Å². The van der Waals surface area contributed by atoms with Crippen molar-refractivity contribution in [3.05, 3.63) is 83.4 Å². The summed E-state index contributed by atoms with van der Waals surface area (Å²) in [4.78, 5) is 9.10. The van der Waals surface area contributed by atoms with Crippen LogP contribution in [0.2, 0.25) is 0 Å². The molecule has 4 aromatic rings. The number of benzene rings is 2. The Bertz CT molecular complexity index is 1500. The van der Waals surface area contributed by atoms with Gasteiger partial charge in [0.2, 0.25) is 0 Å². The van der Waals surface area contributed by atoms with Crippen LogP contribution < -0.4 is 10.5 Å². The average Bonchev–Trinajstić information content (AvgIpc) is 3.29. The second-order valence-corrected chi connectivity index (χ2v) is 9.23. The van der Waals surface area contributed by atoms with Gasteiger partial charge < -0.3 is 20.3 Å². The summed E-state index contributed by atoms with van der Waals surface area (Å²) in [5.74, 6) is -2.16. The molecule has 2 aromatic heterocycles. The van der Waals surface area contributed by atoms with E-state index in [1.54, 1.807) is 36.7 Å². The standard InChI is InChI=1S/C27H24F2N4O3/c1-35-21-5-3-2-4-20(21)27(28,29)18-8-6-16(7-9-18)22-23-24(30)31-10-11-33(23)25(32-22)19-14-36-26(15-34)12-17(19)13-26/h2-11,34H,12-15H2,1H3,(H2,30,31). The number of hydrogen-bond donors (Lipinski definition) is 2. The van der Waals surface area contributed by atoms with Crippen LogP contribution in [0.5, 0.6) is 5.75 Å². The topological polar surface area (TPSA) is 94.9 Å². The fourth-order valence-corrected chi connectivity index (χ4v) is 5.12. The maximum Gasteiger partial charge on any atom is 0.302 e. The first-order chi connectivity index (χ1) is 17.4. The van der Waals surface area contributed by atoms with Crippen LogP contribution in [0.1, 0.15) is 29.8 Å². The van der Waals surface area contributed by atoms with Gasteiger partial charge in [-0.05, 0) is 12.1 Å². The van der Waals surface area contributed by atoms with Gasteiger partial charge >= 0.3 is 5.92 Å². The summed E-state index contributed by atoms with van der Waals surface area (Å²) in [6, 6.07) is 12.1. The summed E-state index contributed by atoms with van der Waals surface area (Å²) >= 11 is 0. The van der Waals surface area contributed by atoms with E-state index >= 15 is 8.78 Å². The van der Waals surface area contributed by atoms with Gasteiger partial charge in [0, 0.05) is 41.9 Å². The van der Waals surface area contributed by atoms with Crippen LogP contribution in [-0.2, 0) is 10.7 Å². The molecule has 36 heavy (non-hydrogen) atoms. The first kappa shape index (κ1) is 22.6. The molecular formula is C27H24F2N4O3. The Morgan fingerprint density at radius 1 is 1.17 bits per heavy atom. The first-order valence-electron chi connectivity index (χ1n) is 11.6. The van der Waals surface area contributed by atoms with Gasteiger partial charge in [-0.3, -0.25) is 4.40 Å². The van der Waals surface area contributed by atoms with Crippen molar-refractivity contribution in [2.45, 2.75) is 24.4 Å². The molecule has 3 N–H and O–H groups in total. The number of nitrogens with zero attached hydrogens (tertiary/aromatic N) is 3. The number of alkyl halides is 2. The maximum atomic E-state index is 15.4. The highest BCUT2D eigenvalue weighted by Gasteiger charge is 2.47. The van der Waals surface area contributed by atoms with Crippen molar-refractivity contribution >= 4 is 16.9 Å². The van der Waals surface area contributed by atoms with Crippen molar-refractivity contribution in [1.29, 1.82) is 0 Å². The molecule has 184 valence electrons. The lowest BCUT2D eigenvalue weighted by Gasteiger charge is -2.47. The fourth-order valence-electron chi connectivity index (χ4n) is 5.12. The summed E-state index contributed by atoms with van der Waals surface area (Å²) in [6.45, 7) is 0.320. The van der Waals surface area contributed by atoms with Crippen LogP contribution in [0.4, 0.5) is 14.6 Å². The third-order valence-electron chi connectivity index (χ3n) is 7.13. The molecule has 2 bridgehead atoms. The molecule has 0 saturated heterocycles. The Kier molecular flexibility index (Phi) is 5.10. The number of nitrogen functional groups attached to an aromatic ring is 1. The molecule has 7 rings (SSSR count). The minimum atomic E-state index is -3.25. The number of fused-ring (bicyclic) bond motifs is 3. The predicted molar refractivity (Wildman–Crippen MR) is 131 cm³/mol. The monoisotopic (exact) mass is 490 g/mol. The lowest BCUT2D eigenvalue weighted by molar-refractivity contribution is -0.103. The first-order valence-corrected chi connectivity index (χ1v) is 11.6. The molecule has 0 radical (unpaired) electrons. The maximum absolute atomic E-state index is 15.4. The Hall–Kier alpha value is -3.82. The second-order valence-electron chi connectivity index (χ2n) is 9.23. The number of rotatable bonds is 6. The molecule has 2 aliphatic heterocycles. The van der Waals surface area contributed by atoms with E-state index in [1.165, 1.54) is 36.9 Å². The summed E-state index contributed by atoms with van der Waals surface area (Å²) in [5.41, 5.74) is 9.34. The van der Waals surface area contributed by atoms with Crippen LogP contribution in [-0.4, -0.2) is 45.4 Å². The number of imidazole rings is 1. The molecule has 0 unspecified atom stereocenters. The largest absolute Gasteiger partial charge is 0.496 e. The molecule has 7 nitrogen and oxygen atoms in total. The molecule has 1 fully saturated rings. The zero-order chi connectivity index (χ0) is 25.1. The number of methoxy groups -OCH3 is 1. The highest BCUT2D eigenvalue weighted by molar-refractivity contribution is 5.88. The van der Waals surface area contributed by atoms with Crippen LogP contribution in [0.25, 0.3) is 22.3 Å². The van der Waals surface area contributed by atoms with Crippen LogP contribution in [0, 0.1) is 0 Å². The second kappa shape index (κ2) is 8.11. The molecule has 1 aliphatic carbocycles. The lowest BCUT2D eigenvalue weighted by Crippen LogP contribution is -2.49. The predicted octanol–water partition coefficient (Wildman–Crippen LogP) is 4.44. The molecule has 1 saturated carbocycles. The van der Waals surface area contributed by atoms with E-state index in [0.29, 0.717) is 42.0 Å². The highest BCUT2D eigenvalue weighted by Crippen LogP contribution is 2.49. The summed E-state index contributed by atoms with van der Waals surface area (Å²) in [5, 5.41) is 9.63. The molecule has 0 atom stereocenters. The fraction of sp³-hybridized carbons (Fsp3) is 0.259. The normalized spacial score (nSPS) is 16.8. The van der Waals surface area contributed by atoms with E-state index in [1.807, 2.05) is 4.40 Å². The van der Waals surface area contributed by atoms with Crippen LogP contribution in [0.15, 0.2) is 66.5 Å². The third kappa shape index (κ3) is 3.30. The Morgan fingerprint density at radius 2 is 1.92 bits per heavy atom. The zero-order valence-electron chi connectivity index (χ0n) is 19.5. The van der Waals surface area contributed by atoms with E-state index in [0.717, 1.165) is 5.57 Å². The van der Waals surface area contributed by atoms with Crippen LogP contribution >= 0.6 is 0 Å². The summed E-state index contributed by atoms with van der Waals surface area (Å²) in [6.07, 6.45) is 4.70. The molecule has 0 spiro atoms. The van der Waals surface area contributed by atoms with E-state index in [2.05, 4.69) is 4.98 Å². The number of aliphatic hydroxyl groups excluding tert-OH is 1. The molecular weight excluding hydrogens is 466 g/mol. The Morgan fingerprint density at radius 3 is 2.58 bits per heavy atom. The van der Waals surface area contributed by atoms with Gasteiger partial charge in [0.25, 0.3) is 0 Å². The smallest absolute Gasteiger partial charge is 0.302 e. The highest BCUT2D eigenvalue weighted by atomic mass is 19.3. The number of hydrogen-bond acceptors (Lipinski definition) is 6. The molecule has 2 aromatic carbocycles. The van der Waals surface area contributed by atoms with Crippen molar-refractivity contribution < 1.29 is 23.4 Å². The van der Waals surface area contributed by atoms with Crippen LogP contribution in [0.3, 0.4) is 0 Å². The third-order valence-corrected chi connectivity index (χ3v) is 7.13. The number of halogens is 2. The van der Waals surface area contributed by atoms with Crippen molar-refractivity contribution in [3.8, 4) is 17.0 Å². The Balaban J connectivity index is 1.42. The molecule has 4 heterocycles. The van der Waals surface area contributed by atoms with Gasteiger partial charge in [-0.25, -0.2) is 9.97 Å². The number of para-hydroxylation sites is 1. The van der Waals surface area contributed by atoms with E-state index < -0.39 is 11.5 Å². The van der Waals surface area contributed by atoms with Gasteiger partial charge in [-0.15, -0.1) is 0 Å². The van der Waals surface area contributed by atoms with Crippen molar-refractivity contribution in [2.24, 2.45) is 0 Å². The summed E-state index contributed by atoms with van der Waals surface area (Å²) < 4.78 is 43.7. The van der Waals surface area contributed by atoms with E-state index in [-0.39, 0.29) is 29.3 Å². The number of anilines is 1. The average molecular weight is 491 g/mol. The van der Waals surface area contributed by atoms with Crippen molar-refractivity contribution in [2.75, 3.05) is 26.1 Å². The number of aliphatic hydroxyl groups is 1. The van der Waals surface area contributed by atoms with Gasteiger partial charge in [0.05, 0.1) is 31.5 Å². The van der Waals surface area contributed by atoms with Gasteiger partial charge in [-0.2, -0.15) is 8.78 Å². The SMILES string of the molecule is COc1ccccc1C(F)(F)c1ccc(-c2nc(C3=C4CC(CO)(C4)OC3)n3ccnc(N)c23)cc1. The lowest BCUT2D eigenvalue weighted by atomic mass is 9.71. The van der Waals surface area contributed by atoms with Gasteiger partial charge in [0.1, 0.15) is 28.6 Å². The minimum absolute atomic E-state index is 0.0138. The van der Waals surface area contributed by atoms with Gasteiger partial charge in [0.15, 0.2) is 0 Å². The van der Waals surface area contributed by atoms with Crippen molar-refractivity contribution in [1.82, 2.24) is 14.4 Å². The molecule has 9 heteroatoms. The summed E-state index contributed by atoms with van der Waals surface area (Å²) in [7, 11) is 1.37. The van der Waals surface area contributed by atoms with Gasteiger partial charge in [-0.1, -0.05) is 42.0 Å².